The molecule has 1 aromatic heterocycles. The van der Waals surface area contributed by atoms with Crippen LogP contribution in [0.1, 0.15) is 37.7 Å². The van der Waals surface area contributed by atoms with E-state index in [0.717, 1.165) is 71.1 Å². The molecule has 0 amide bonds. The molecule has 0 saturated carbocycles. The Kier molecular flexibility index (Phi) is 9.57. The van der Waals surface area contributed by atoms with Crippen LogP contribution in [0, 0.1) is 5.41 Å². The number of ether oxygens (including phenoxy) is 2. The van der Waals surface area contributed by atoms with Gasteiger partial charge < -0.3 is 19.5 Å². The summed E-state index contributed by atoms with van der Waals surface area (Å²) in [6, 6.07) is 13.9. The Hall–Kier alpha value is -2.48. The fourth-order valence-corrected chi connectivity index (χ4v) is 6.38. The molecule has 8 heteroatoms. The number of benzene rings is 2. The second kappa shape index (κ2) is 12.9. The Morgan fingerprint density at radius 3 is 2.65 bits per heavy atom. The molecule has 1 fully saturated rings. The first-order valence-electron chi connectivity index (χ1n) is 12.8. The molecule has 0 unspecified atom stereocenters. The predicted molar refractivity (Wildman–Crippen MR) is 150 cm³/mol. The molecular weight excluding hydrogens is 508 g/mol. The first-order chi connectivity index (χ1) is 18.0. The number of hydrogen-bond donors (Lipinski definition) is 1. The second-order valence-corrected chi connectivity index (χ2v) is 11.1. The fourth-order valence-electron chi connectivity index (χ4n) is 5.17. The number of carboxylic acids is 1. The Morgan fingerprint density at radius 1 is 1.14 bits per heavy atom. The van der Waals surface area contributed by atoms with Gasteiger partial charge in [0, 0.05) is 16.5 Å². The summed E-state index contributed by atoms with van der Waals surface area (Å²) in [7, 11) is 3.34. The molecule has 2 heterocycles. The van der Waals surface area contributed by atoms with Gasteiger partial charge in [0.15, 0.2) is 0 Å². The zero-order chi connectivity index (χ0) is 26.3. The third kappa shape index (κ3) is 6.70. The monoisotopic (exact) mass is 542 g/mol. The van der Waals surface area contributed by atoms with Crippen molar-refractivity contribution in [3.63, 3.8) is 0 Å². The molecule has 0 bridgehead atoms. The Labute approximate surface area is 228 Å². The van der Waals surface area contributed by atoms with E-state index < -0.39 is 11.4 Å². The van der Waals surface area contributed by atoms with Gasteiger partial charge in [-0.25, -0.2) is 0 Å². The molecule has 1 saturated heterocycles. The summed E-state index contributed by atoms with van der Waals surface area (Å²) in [5.74, 6) is 2.00. The minimum absolute atomic E-state index is 0.617. The highest BCUT2D eigenvalue weighted by Crippen LogP contribution is 2.38. The molecule has 0 spiro atoms. The molecule has 198 valence electrons. The average Bonchev–Trinajstić information content (AvgIpc) is 2.93. The molecule has 6 nitrogen and oxygen atoms in total. The van der Waals surface area contributed by atoms with Crippen molar-refractivity contribution >= 4 is 40.2 Å². The van der Waals surface area contributed by atoms with E-state index in [4.69, 9.17) is 21.1 Å². The summed E-state index contributed by atoms with van der Waals surface area (Å²) in [5.41, 5.74) is 1.21. The van der Waals surface area contributed by atoms with Gasteiger partial charge in [0.05, 0.1) is 30.2 Å². The normalized spacial score (nSPS) is 15.5. The number of thioether (sulfide) groups is 1. The second-order valence-electron chi connectivity index (χ2n) is 9.60. The molecule has 0 radical (unpaired) electrons. The van der Waals surface area contributed by atoms with Gasteiger partial charge in [-0.2, -0.15) is 0 Å². The minimum atomic E-state index is -0.675. The zero-order valence-corrected chi connectivity index (χ0v) is 23.1. The first kappa shape index (κ1) is 27.6. The molecule has 37 heavy (non-hydrogen) atoms. The van der Waals surface area contributed by atoms with Crippen LogP contribution in [-0.4, -0.2) is 60.6 Å². The summed E-state index contributed by atoms with van der Waals surface area (Å²) in [6.07, 6.45) is 6.22. The van der Waals surface area contributed by atoms with Crippen molar-refractivity contribution in [2.24, 2.45) is 5.41 Å². The number of fused-ring (bicyclic) bond motifs is 1. The smallest absolute Gasteiger partial charge is 0.309 e. The lowest BCUT2D eigenvalue weighted by atomic mass is 9.74. The third-order valence-electron chi connectivity index (χ3n) is 7.43. The maximum absolute atomic E-state index is 12.4. The number of carbonyl (C=O) groups is 1. The number of carboxylic acid groups (broad SMARTS) is 1. The van der Waals surface area contributed by atoms with Crippen LogP contribution >= 0.6 is 23.4 Å². The van der Waals surface area contributed by atoms with E-state index in [1.165, 1.54) is 0 Å². The summed E-state index contributed by atoms with van der Waals surface area (Å²) < 4.78 is 10.8. The Balaban J connectivity index is 1.29. The Bertz CT molecular complexity index is 1210. The first-order valence-corrected chi connectivity index (χ1v) is 14.1. The minimum Gasteiger partial charge on any atom is -0.497 e. The molecule has 3 aromatic rings. The number of pyridine rings is 1. The van der Waals surface area contributed by atoms with E-state index in [0.29, 0.717) is 30.7 Å². The van der Waals surface area contributed by atoms with Crippen LogP contribution in [0.3, 0.4) is 0 Å². The summed E-state index contributed by atoms with van der Waals surface area (Å²) in [6.45, 7) is 2.63. The van der Waals surface area contributed by atoms with Crippen LogP contribution in [0.5, 0.6) is 11.5 Å². The van der Waals surface area contributed by atoms with Gasteiger partial charge in [0.2, 0.25) is 0 Å². The van der Waals surface area contributed by atoms with Gasteiger partial charge in [-0.3, -0.25) is 9.78 Å². The van der Waals surface area contributed by atoms with Crippen molar-refractivity contribution in [1.29, 1.82) is 0 Å². The molecule has 1 aliphatic heterocycles. The standard InChI is InChI=1S/C29H35ClN2O4S/c1-35-21-10-11-25-23(19-21)22(24(30)20-31-25)7-5-12-29(28(33)34)13-16-32(17-14-29)15-6-18-37-27-9-4-3-8-26(27)36-2/h3-4,8-11,19-20H,5-7,12-18H2,1-2H3,(H,33,34). The van der Waals surface area contributed by atoms with Crippen LogP contribution < -0.4 is 9.47 Å². The number of aromatic nitrogens is 1. The molecule has 2 aromatic carbocycles. The molecular formula is C29H35ClN2O4S. The highest BCUT2D eigenvalue weighted by atomic mass is 35.5. The topological polar surface area (TPSA) is 71.9 Å². The number of para-hydroxylation sites is 1. The van der Waals surface area contributed by atoms with Crippen molar-refractivity contribution < 1.29 is 19.4 Å². The van der Waals surface area contributed by atoms with Crippen LogP contribution in [0.2, 0.25) is 5.02 Å². The van der Waals surface area contributed by atoms with Crippen LogP contribution in [0.15, 0.2) is 53.6 Å². The van der Waals surface area contributed by atoms with Gasteiger partial charge in [0.25, 0.3) is 0 Å². The van der Waals surface area contributed by atoms with E-state index >= 15 is 0 Å². The lowest BCUT2D eigenvalue weighted by Gasteiger charge is -2.39. The van der Waals surface area contributed by atoms with E-state index in [2.05, 4.69) is 16.0 Å². The molecule has 4 rings (SSSR count). The van der Waals surface area contributed by atoms with Crippen molar-refractivity contribution in [3.8, 4) is 11.5 Å². The highest BCUT2D eigenvalue weighted by Gasteiger charge is 2.40. The molecule has 1 aliphatic rings. The Morgan fingerprint density at radius 2 is 1.92 bits per heavy atom. The molecule has 1 N–H and O–H groups in total. The van der Waals surface area contributed by atoms with Crippen LogP contribution in [0.4, 0.5) is 0 Å². The summed E-state index contributed by atoms with van der Waals surface area (Å²) in [5, 5.41) is 11.8. The van der Waals surface area contributed by atoms with Gasteiger partial charge in [-0.15, -0.1) is 11.8 Å². The maximum Gasteiger partial charge on any atom is 0.309 e. The maximum atomic E-state index is 12.4. The van der Waals surface area contributed by atoms with E-state index in [9.17, 15) is 9.90 Å². The number of aliphatic carboxylic acids is 1. The largest absolute Gasteiger partial charge is 0.497 e. The molecule has 0 atom stereocenters. The van der Waals surface area contributed by atoms with Gasteiger partial charge in [0.1, 0.15) is 11.5 Å². The van der Waals surface area contributed by atoms with Crippen molar-refractivity contribution in [1.82, 2.24) is 9.88 Å². The SMILES string of the molecule is COc1ccc2ncc(Cl)c(CCCC3(C(=O)O)CCN(CCCSc4ccccc4OC)CC3)c2c1. The number of halogens is 1. The lowest BCUT2D eigenvalue weighted by molar-refractivity contribution is -0.152. The lowest BCUT2D eigenvalue weighted by Crippen LogP contribution is -2.44. The zero-order valence-electron chi connectivity index (χ0n) is 21.5. The number of nitrogens with zero attached hydrogens (tertiary/aromatic N) is 2. The van der Waals surface area contributed by atoms with Crippen LogP contribution in [0.25, 0.3) is 10.9 Å². The van der Waals surface area contributed by atoms with E-state index in [-0.39, 0.29) is 0 Å². The van der Waals surface area contributed by atoms with E-state index in [1.807, 2.05) is 48.2 Å². The van der Waals surface area contributed by atoms with Gasteiger partial charge in [-0.1, -0.05) is 23.7 Å². The number of methoxy groups -OCH3 is 2. The number of piperidine rings is 1. The number of aryl methyl sites for hydroxylation is 1. The average molecular weight is 543 g/mol. The summed E-state index contributed by atoms with van der Waals surface area (Å²) >= 11 is 8.33. The highest BCUT2D eigenvalue weighted by molar-refractivity contribution is 7.99. The molecule has 0 aliphatic carbocycles. The van der Waals surface area contributed by atoms with Crippen molar-refractivity contribution in [2.45, 2.75) is 43.4 Å². The third-order valence-corrected chi connectivity index (χ3v) is 8.90. The van der Waals surface area contributed by atoms with Crippen molar-refractivity contribution in [2.75, 3.05) is 39.6 Å². The number of rotatable bonds is 12. The van der Waals surface area contributed by atoms with E-state index in [1.54, 1.807) is 20.4 Å². The number of likely N-dealkylation sites (tertiary alicyclic amines) is 1. The van der Waals surface area contributed by atoms with Gasteiger partial charge in [-0.05, 0) is 99.8 Å². The number of hydrogen-bond acceptors (Lipinski definition) is 6. The van der Waals surface area contributed by atoms with Crippen molar-refractivity contribution in [3.05, 3.63) is 59.2 Å². The summed E-state index contributed by atoms with van der Waals surface area (Å²) in [4.78, 5) is 20.4. The fraction of sp³-hybridized carbons (Fsp3) is 0.448. The predicted octanol–water partition coefficient (Wildman–Crippen LogP) is 6.58. The van der Waals surface area contributed by atoms with Gasteiger partial charge >= 0.3 is 5.97 Å². The quantitative estimate of drug-likeness (QED) is 0.205. The van der Waals surface area contributed by atoms with Crippen LogP contribution in [-0.2, 0) is 11.2 Å².